The van der Waals surface area contributed by atoms with Gasteiger partial charge in [-0.25, -0.2) is 28.1 Å². The second-order valence-corrected chi connectivity index (χ2v) is 6.99. The van der Waals surface area contributed by atoms with Crippen LogP contribution < -0.4 is 17.1 Å². The quantitative estimate of drug-likeness (QED) is 0.853. The van der Waals surface area contributed by atoms with Gasteiger partial charge in [0.25, 0.3) is 0 Å². The molecule has 1 aromatic carbocycles. The molecule has 0 unspecified atom stereocenters. The van der Waals surface area contributed by atoms with E-state index < -0.39 is 22.6 Å². The van der Waals surface area contributed by atoms with Crippen molar-refractivity contribution >= 4 is 0 Å². The summed E-state index contributed by atoms with van der Waals surface area (Å²) in [5.41, 5.74) is -0.125. The number of nitrogens with zero attached hydrogens (tertiary/aromatic N) is 3. The molecule has 2 rings (SSSR count). The van der Waals surface area contributed by atoms with Crippen LogP contribution in [0.2, 0.25) is 0 Å². The molecule has 0 amide bonds. The van der Waals surface area contributed by atoms with E-state index in [0.717, 1.165) is 24.8 Å². The Balaban J connectivity index is 2.53. The number of benzene rings is 1. The van der Waals surface area contributed by atoms with E-state index in [1.54, 1.807) is 27.7 Å². The van der Waals surface area contributed by atoms with Crippen LogP contribution in [0.1, 0.15) is 38.8 Å². The van der Waals surface area contributed by atoms with Gasteiger partial charge in [0, 0.05) is 18.6 Å². The molecule has 0 aliphatic heterocycles. The summed E-state index contributed by atoms with van der Waals surface area (Å²) >= 11 is 0. The predicted molar refractivity (Wildman–Crippen MR) is 94.8 cm³/mol. The summed E-state index contributed by atoms with van der Waals surface area (Å²) in [6.45, 7) is 9.56. The minimum Gasteiger partial charge on any atom is -0.247 e. The van der Waals surface area contributed by atoms with Crippen molar-refractivity contribution in [2.45, 2.75) is 59.7 Å². The Morgan fingerprint density at radius 3 is 1.92 bits per heavy atom. The Morgan fingerprint density at radius 2 is 1.42 bits per heavy atom. The number of aromatic nitrogens is 3. The standard InChI is InChI=1S/C18H25N3O3/c1-6-19-15(22)20(12-11-14-9-7-13(2)8-10-14)17(24)21(16(19)23)18(3,4)5/h7-10H,6,11-12H2,1-5H3. The molecule has 6 nitrogen and oxygen atoms in total. The molecule has 0 N–H and O–H groups in total. The molecule has 2 aromatic rings. The Kier molecular flexibility index (Phi) is 4.96. The van der Waals surface area contributed by atoms with E-state index in [4.69, 9.17) is 0 Å². The molecule has 0 aliphatic carbocycles. The first kappa shape index (κ1) is 18.0. The van der Waals surface area contributed by atoms with Crippen molar-refractivity contribution in [3.8, 4) is 0 Å². The number of aryl methyl sites for hydroxylation is 2. The van der Waals surface area contributed by atoms with Crippen LogP contribution in [0.5, 0.6) is 0 Å². The molecule has 130 valence electrons. The topological polar surface area (TPSA) is 66.0 Å². The minimum absolute atomic E-state index is 0.235. The van der Waals surface area contributed by atoms with Gasteiger partial charge in [-0.15, -0.1) is 0 Å². The van der Waals surface area contributed by atoms with E-state index >= 15 is 0 Å². The Hall–Kier alpha value is -2.37. The summed E-state index contributed by atoms with van der Waals surface area (Å²) in [6.07, 6.45) is 0.557. The van der Waals surface area contributed by atoms with Gasteiger partial charge in [-0.3, -0.25) is 0 Å². The molecule has 0 saturated carbocycles. The largest absolute Gasteiger partial charge is 0.336 e. The van der Waals surface area contributed by atoms with Crippen LogP contribution in [0.15, 0.2) is 38.6 Å². The molecule has 24 heavy (non-hydrogen) atoms. The average Bonchev–Trinajstić information content (AvgIpc) is 2.47. The highest BCUT2D eigenvalue weighted by Crippen LogP contribution is 2.07. The molecule has 0 saturated heterocycles. The monoisotopic (exact) mass is 331 g/mol. The van der Waals surface area contributed by atoms with Crippen LogP contribution in [0.3, 0.4) is 0 Å². The highest BCUT2D eigenvalue weighted by atomic mass is 16.2. The van der Waals surface area contributed by atoms with Crippen LogP contribution in [0.4, 0.5) is 0 Å². The molecular formula is C18H25N3O3. The maximum absolute atomic E-state index is 12.7. The first-order valence-corrected chi connectivity index (χ1v) is 8.19. The highest BCUT2D eigenvalue weighted by Gasteiger charge is 2.23. The van der Waals surface area contributed by atoms with Crippen LogP contribution >= 0.6 is 0 Å². The Bertz CT molecular complexity index is 894. The van der Waals surface area contributed by atoms with E-state index in [-0.39, 0.29) is 13.1 Å². The zero-order chi connectivity index (χ0) is 18.1. The van der Waals surface area contributed by atoms with Crippen LogP contribution in [0.25, 0.3) is 0 Å². The molecule has 0 atom stereocenters. The van der Waals surface area contributed by atoms with Gasteiger partial charge in [0.2, 0.25) is 0 Å². The third-order valence-electron chi connectivity index (χ3n) is 4.04. The maximum atomic E-state index is 12.7. The molecular weight excluding hydrogens is 306 g/mol. The molecule has 0 fully saturated rings. The third kappa shape index (κ3) is 3.42. The first-order chi connectivity index (χ1) is 11.2. The van der Waals surface area contributed by atoms with Gasteiger partial charge in [0.15, 0.2) is 0 Å². The molecule has 0 bridgehead atoms. The van der Waals surface area contributed by atoms with E-state index in [0.29, 0.717) is 6.42 Å². The SMILES string of the molecule is CCn1c(=O)n(CCc2ccc(C)cc2)c(=O)n(C(C)(C)C)c1=O. The van der Waals surface area contributed by atoms with Gasteiger partial charge in [-0.1, -0.05) is 29.8 Å². The van der Waals surface area contributed by atoms with Crippen molar-refractivity contribution in [2.24, 2.45) is 0 Å². The number of rotatable bonds is 4. The summed E-state index contributed by atoms with van der Waals surface area (Å²) in [4.78, 5) is 37.7. The van der Waals surface area contributed by atoms with Crippen molar-refractivity contribution in [3.63, 3.8) is 0 Å². The molecule has 6 heteroatoms. The zero-order valence-corrected chi connectivity index (χ0v) is 15.0. The summed E-state index contributed by atoms with van der Waals surface area (Å²) in [5, 5.41) is 0. The average molecular weight is 331 g/mol. The van der Waals surface area contributed by atoms with Gasteiger partial charge in [-0.2, -0.15) is 0 Å². The minimum atomic E-state index is -0.690. The van der Waals surface area contributed by atoms with Crippen molar-refractivity contribution in [2.75, 3.05) is 0 Å². The molecule has 1 heterocycles. The van der Waals surface area contributed by atoms with Crippen LogP contribution in [-0.2, 0) is 25.0 Å². The predicted octanol–water partition coefficient (Wildman–Crippen LogP) is 1.50. The lowest BCUT2D eigenvalue weighted by molar-refractivity contribution is 0.321. The second-order valence-electron chi connectivity index (χ2n) is 6.99. The lowest BCUT2D eigenvalue weighted by Gasteiger charge is -2.23. The fourth-order valence-electron chi connectivity index (χ4n) is 2.66. The van der Waals surface area contributed by atoms with Crippen molar-refractivity contribution in [1.82, 2.24) is 13.7 Å². The Labute approximate surface area is 141 Å². The van der Waals surface area contributed by atoms with Gasteiger partial charge in [0.05, 0.1) is 0 Å². The van der Waals surface area contributed by atoms with E-state index in [2.05, 4.69) is 0 Å². The fraction of sp³-hybridized carbons (Fsp3) is 0.500. The number of hydrogen-bond acceptors (Lipinski definition) is 3. The third-order valence-corrected chi connectivity index (χ3v) is 4.04. The zero-order valence-electron chi connectivity index (χ0n) is 15.0. The molecule has 0 aliphatic rings. The van der Waals surface area contributed by atoms with Crippen LogP contribution in [0, 0.1) is 6.92 Å². The lowest BCUT2D eigenvalue weighted by Crippen LogP contribution is -2.58. The van der Waals surface area contributed by atoms with E-state index in [9.17, 15) is 14.4 Å². The van der Waals surface area contributed by atoms with Gasteiger partial charge < -0.3 is 0 Å². The van der Waals surface area contributed by atoms with E-state index in [1.165, 1.54) is 0 Å². The van der Waals surface area contributed by atoms with Gasteiger partial charge in [-0.05, 0) is 46.6 Å². The Morgan fingerprint density at radius 1 is 0.875 bits per heavy atom. The lowest BCUT2D eigenvalue weighted by atomic mass is 10.1. The second kappa shape index (κ2) is 6.63. The summed E-state index contributed by atoms with van der Waals surface area (Å²) in [5.74, 6) is 0. The molecule has 0 spiro atoms. The highest BCUT2D eigenvalue weighted by molar-refractivity contribution is 5.21. The van der Waals surface area contributed by atoms with Crippen LogP contribution in [-0.4, -0.2) is 13.7 Å². The smallest absolute Gasteiger partial charge is 0.247 e. The maximum Gasteiger partial charge on any atom is 0.336 e. The van der Waals surface area contributed by atoms with E-state index in [1.807, 2.05) is 31.2 Å². The van der Waals surface area contributed by atoms with Crippen molar-refractivity contribution in [1.29, 1.82) is 0 Å². The van der Waals surface area contributed by atoms with Gasteiger partial charge in [0.1, 0.15) is 0 Å². The normalized spacial score (nSPS) is 11.7. The van der Waals surface area contributed by atoms with Gasteiger partial charge >= 0.3 is 17.1 Å². The number of hydrogen-bond donors (Lipinski definition) is 0. The van der Waals surface area contributed by atoms with Crippen molar-refractivity contribution in [3.05, 3.63) is 66.8 Å². The molecule has 1 aromatic heterocycles. The van der Waals surface area contributed by atoms with Crippen molar-refractivity contribution < 1.29 is 0 Å². The summed E-state index contributed by atoms with van der Waals surface area (Å²) < 4.78 is 3.44. The fourth-order valence-corrected chi connectivity index (χ4v) is 2.66. The summed E-state index contributed by atoms with van der Waals surface area (Å²) in [6, 6.07) is 7.97. The molecule has 0 radical (unpaired) electrons. The first-order valence-electron chi connectivity index (χ1n) is 8.19. The summed E-state index contributed by atoms with van der Waals surface area (Å²) in [7, 11) is 0.